The predicted octanol–water partition coefficient (Wildman–Crippen LogP) is 10.9. The molecule has 0 spiro atoms. The number of rotatable bonds is 3. The molecule has 2 aliphatic carbocycles. The van der Waals surface area contributed by atoms with E-state index in [0.29, 0.717) is 0 Å². The van der Waals surface area contributed by atoms with Crippen LogP contribution >= 0.6 is 0 Å². The highest BCUT2D eigenvalue weighted by Gasteiger charge is 2.22. The summed E-state index contributed by atoms with van der Waals surface area (Å²) in [6.07, 6.45) is 7.82. The van der Waals surface area contributed by atoms with Crippen molar-refractivity contribution in [2.75, 3.05) is 0 Å². The third-order valence-corrected chi connectivity index (χ3v) is 9.99. The molecule has 45 heavy (non-hydrogen) atoms. The number of hydrogen-bond acceptors (Lipinski definition) is 0. The molecule has 0 saturated carbocycles. The number of aryl methyl sites for hydroxylation is 1. The molecular weight excluding hydrogens is 544 g/mol. The van der Waals surface area contributed by atoms with Gasteiger partial charge in [-0.3, -0.25) is 0 Å². The number of para-hydroxylation sites is 3. The Morgan fingerprint density at radius 2 is 1.09 bits per heavy atom. The van der Waals surface area contributed by atoms with Crippen molar-refractivity contribution in [3.63, 3.8) is 0 Å². The average Bonchev–Trinajstić information content (AvgIpc) is 3.75. The maximum atomic E-state index is 2.49. The molecule has 0 atom stereocenters. The molecule has 0 bridgehead atoms. The molecule has 0 aliphatic heterocycles. The number of benzene rings is 6. The lowest BCUT2D eigenvalue weighted by Crippen LogP contribution is -2.03. The van der Waals surface area contributed by atoms with Crippen LogP contribution in [0.2, 0.25) is 0 Å². The van der Waals surface area contributed by atoms with E-state index in [1.165, 1.54) is 88.7 Å². The van der Waals surface area contributed by atoms with E-state index in [4.69, 9.17) is 0 Å². The van der Waals surface area contributed by atoms with Gasteiger partial charge < -0.3 is 9.13 Å². The first kappa shape index (κ1) is 24.8. The molecule has 0 fully saturated rings. The highest BCUT2D eigenvalue weighted by atomic mass is 15.0. The topological polar surface area (TPSA) is 9.86 Å². The fraction of sp³-hybridized carbons (Fsp3) is 0.0698. The Morgan fingerprint density at radius 1 is 0.467 bits per heavy atom. The summed E-state index contributed by atoms with van der Waals surface area (Å²) >= 11 is 0. The monoisotopic (exact) mass is 574 g/mol. The van der Waals surface area contributed by atoms with Crippen molar-refractivity contribution in [3.8, 4) is 33.6 Å². The molecule has 2 aromatic heterocycles. The van der Waals surface area contributed by atoms with Crippen molar-refractivity contribution in [1.29, 1.82) is 0 Å². The highest BCUT2D eigenvalue weighted by Crippen LogP contribution is 2.41. The lowest BCUT2D eigenvalue weighted by molar-refractivity contribution is 0.967. The van der Waals surface area contributed by atoms with Gasteiger partial charge in [-0.15, -0.1) is 0 Å². The van der Waals surface area contributed by atoms with E-state index in [-0.39, 0.29) is 0 Å². The Hall–Kier alpha value is -5.60. The van der Waals surface area contributed by atoms with Gasteiger partial charge in [-0.05, 0) is 107 Å². The van der Waals surface area contributed by atoms with Crippen molar-refractivity contribution in [2.45, 2.75) is 19.3 Å². The van der Waals surface area contributed by atoms with E-state index in [1.54, 1.807) is 0 Å². The van der Waals surface area contributed by atoms with Crippen molar-refractivity contribution < 1.29 is 0 Å². The van der Waals surface area contributed by atoms with Crippen LogP contribution in [0.25, 0.3) is 72.4 Å². The summed E-state index contributed by atoms with van der Waals surface area (Å²) in [7, 11) is 0. The molecular formula is C43H30N2. The molecule has 8 aromatic rings. The van der Waals surface area contributed by atoms with E-state index in [2.05, 4.69) is 155 Å². The Morgan fingerprint density at radius 3 is 1.87 bits per heavy atom. The molecule has 212 valence electrons. The second-order valence-corrected chi connectivity index (χ2v) is 12.5. The zero-order valence-electron chi connectivity index (χ0n) is 24.9. The van der Waals surface area contributed by atoms with Gasteiger partial charge in [0.25, 0.3) is 0 Å². The van der Waals surface area contributed by atoms with Crippen molar-refractivity contribution >= 4 is 38.8 Å². The molecule has 0 amide bonds. The largest absolute Gasteiger partial charge is 0.309 e. The molecule has 2 nitrogen and oxygen atoms in total. The molecule has 0 unspecified atom stereocenters. The third-order valence-electron chi connectivity index (χ3n) is 9.99. The van der Waals surface area contributed by atoms with Crippen LogP contribution in [0.1, 0.15) is 28.8 Å². The van der Waals surface area contributed by atoms with Gasteiger partial charge in [0.15, 0.2) is 0 Å². The van der Waals surface area contributed by atoms with Crippen LogP contribution in [0.15, 0.2) is 140 Å². The molecule has 6 aromatic carbocycles. The predicted molar refractivity (Wildman–Crippen MR) is 189 cm³/mol. The lowest BCUT2D eigenvalue weighted by Gasteiger charge is -2.17. The summed E-state index contributed by atoms with van der Waals surface area (Å²) < 4.78 is 4.94. The quantitative estimate of drug-likeness (QED) is 0.199. The summed E-state index contributed by atoms with van der Waals surface area (Å²) in [4.78, 5) is 0. The summed E-state index contributed by atoms with van der Waals surface area (Å²) in [5.74, 6) is 0. The van der Waals surface area contributed by atoms with Gasteiger partial charge in [0.05, 0.1) is 16.6 Å². The van der Waals surface area contributed by atoms with Crippen LogP contribution in [-0.2, 0) is 12.8 Å². The van der Waals surface area contributed by atoms with E-state index in [1.807, 2.05) is 0 Å². The van der Waals surface area contributed by atoms with E-state index in [9.17, 15) is 0 Å². The number of hydrogen-bond donors (Lipinski definition) is 0. The second kappa shape index (κ2) is 9.45. The van der Waals surface area contributed by atoms with E-state index < -0.39 is 0 Å². The maximum absolute atomic E-state index is 2.49. The van der Waals surface area contributed by atoms with Gasteiger partial charge in [-0.25, -0.2) is 0 Å². The second-order valence-electron chi connectivity index (χ2n) is 12.5. The summed E-state index contributed by atoms with van der Waals surface area (Å²) in [6.45, 7) is 0. The van der Waals surface area contributed by atoms with Crippen molar-refractivity contribution in [2.24, 2.45) is 0 Å². The highest BCUT2D eigenvalue weighted by molar-refractivity contribution is 6.09. The number of nitrogens with zero attached hydrogens (tertiary/aromatic N) is 2. The zero-order valence-corrected chi connectivity index (χ0v) is 24.9. The fourth-order valence-corrected chi connectivity index (χ4v) is 7.99. The summed E-state index contributed by atoms with van der Waals surface area (Å²) in [5.41, 5.74) is 16.9. The molecule has 0 N–H and O–H groups in total. The minimum Gasteiger partial charge on any atom is -0.309 e. The Balaban J connectivity index is 1.29. The average molecular weight is 575 g/mol. The molecule has 0 saturated heterocycles. The maximum Gasteiger partial charge on any atom is 0.0541 e. The first-order valence-electron chi connectivity index (χ1n) is 16.0. The van der Waals surface area contributed by atoms with Crippen LogP contribution in [0.5, 0.6) is 0 Å². The van der Waals surface area contributed by atoms with Gasteiger partial charge in [0.2, 0.25) is 0 Å². The number of fused-ring (bicyclic) bond motifs is 9. The fourth-order valence-electron chi connectivity index (χ4n) is 7.99. The molecule has 10 rings (SSSR count). The minimum absolute atomic E-state index is 1.01. The molecule has 2 heterocycles. The Kier molecular flexibility index (Phi) is 5.21. The van der Waals surface area contributed by atoms with Crippen LogP contribution in [0, 0.1) is 0 Å². The van der Waals surface area contributed by atoms with Gasteiger partial charge in [0, 0.05) is 33.2 Å². The van der Waals surface area contributed by atoms with Gasteiger partial charge in [-0.2, -0.15) is 0 Å². The van der Waals surface area contributed by atoms with Gasteiger partial charge in [0.1, 0.15) is 0 Å². The molecule has 2 heteroatoms. The molecule has 0 radical (unpaired) electrons. The Bertz CT molecular complexity index is 2470. The Labute approximate surface area is 262 Å². The number of aromatic nitrogens is 2. The van der Waals surface area contributed by atoms with Crippen LogP contribution < -0.4 is 0 Å². The SMILES string of the molecule is C1=Cc2c(c3ccccc3n2-c2cc(-c3ccc4c(c3)-c3ccccc3C4)cc(-n3c4ccccc4c4ccccc43)c2)CC1. The zero-order chi connectivity index (χ0) is 29.5. The third kappa shape index (κ3) is 3.63. The van der Waals surface area contributed by atoms with Crippen molar-refractivity contribution in [1.82, 2.24) is 9.13 Å². The van der Waals surface area contributed by atoms with Crippen LogP contribution in [-0.4, -0.2) is 9.13 Å². The standard InChI is InChI=1S/C43H30N2/c1-2-12-34-29(11-1)23-30-22-21-28(26-39(30)34)31-24-32(44-40-17-7-3-13-35(40)36-14-4-8-18-41(36)44)27-33(25-31)45-42-19-9-5-15-37(42)38-16-6-10-20-43(38)45/h1-5,7-15,17-22,24-27H,6,16,23H2. The van der Waals surface area contributed by atoms with Gasteiger partial charge >= 0.3 is 0 Å². The number of allylic oxidation sites excluding steroid dienone is 1. The smallest absolute Gasteiger partial charge is 0.0541 e. The minimum atomic E-state index is 1.01. The lowest BCUT2D eigenvalue weighted by atomic mass is 9.97. The van der Waals surface area contributed by atoms with E-state index >= 15 is 0 Å². The van der Waals surface area contributed by atoms with Crippen LogP contribution in [0.3, 0.4) is 0 Å². The summed E-state index contributed by atoms with van der Waals surface area (Å²) in [6, 6.07) is 49.6. The van der Waals surface area contributed by atoms with Crippen LogP contribution in [0.4, 0.5) is 0 Å². The van der Waals surface area contributed by atoms with Gasteiger partial charge in [-0.1, -0.05) is 97.1 Å². The first-order valence-corrected chi connectivity index (χ1v) is 16.0. The van der Waals surface area contributed by atoms with E-state index in [0.717, 1.165) is 19.3 Å². The summed E-state index contributed by atoms with van der Waals surface area (Å²) in [5, 5.41) is 3.91. The first-order chi connectivity index (χ1) is 22.3. The molecule has 2 aliphatic rings. The normalized spacial score (nSPS) is 13.4. The van der Waals surface area contributed by atoms with Crippen molar-refractivity contribution in [3.05, 3.63) is 162 Å².